The molecule has 0 spiro atoms. The Bertz CT molecular complexity index is 597. The molecule has 20 heavy (non-hydrogen) atoms. The molecule has 0 amide bonds. The minimum Gasteiger partial charge on any atom is -0.256 e. The summed E-state index contributed by atoms with van der Waals surface area (Å²) >= 11 is 0. The number of hydrogen-bond donors (Lipinski definition) is 0. The van der Waals surface area contributed by atoms with Crippen LogP contribution in [0.1, 0.15) is 51.0 Å². The summed E-state index contributed by atoms with van der Waals surface area (Å²) in [6.07, 6.45) is 6.89. The summed E-state index contributed by atoms with van der Waals surface area (Å²) in [5, 5.41) is 1.00. The molecule has 1 aliphatic rings. The van der Waals surface area contributed by atoms with E-state index in [0.717, 1.165) is 22.7 Å². The van der Waals surface area contributed by atoms with E-state index in [1.165, 1.54) is 37.3 Å². The number of aromatic nitrogens is 1. The van der Waals surface area contributed by atoms with Gasteiger partial charge in [0.2, 0.25) is 0 Å². The SMILES string of the molecule is CC(C)C1CCC(c2ccnc3ccc(F)cc23)CC1. The van der Waals surface area contributed by atoms with E-state index in [0.29, 0.717) is 5.92 Å². The fourth-order valence-corrected chi connectivity index (χ4v) is 3.59. The van der Waals surface area contributed by atoms with Gasteiger partial charge >= 0.3 is 0 Å². The molecule has 0 radical (unpaired) electrons. The third-order valence-electron chi connectivity index (χ3n) is 4.89. The maximum atomic E-state index is 13.5. The van der Waals surface area contributed by atoms with E-state index >= 15 is 0 Å². The van der Waals surface area contributed by atoms with Crippen molar-refractivity contribution in [3.63, 3.8) is 0 Å². The molecule has 1 aromatic heterocycles. The van der Waals surface area contributed by atoms with Crippen molar-refractivity contribution in [2.24, 2.45) is 11.8 Å². The van der Waals surface area contributed by atoms with Gasteiger partial charge in [0, 0.05) is 11.6 Å². The van der Waals surface area contributed by atoms with Crippen LogP contribution in [0.25, 0.3) is 10.9 Å². The highest BCUT2D eigenvalue weighted by Crippen LogP contribution is 2.40. The molecule has 1 nitrogen and oxygen atoms in total. The van der Waals surface area contributed by atoms with Gasteiger partial charge in [0.15, 0.2) is 0 Å². The molecule has 0 bridgehead atoms. The molecule has 0 aliphatic heterocycles. The molecule has 0 atom stereocenters. The molecule has 3 rings (SSSR count). The molecule has 1 aromatic carbocycles. The molecular formula is C18H22FN. The Morgan fingerprint density at radius 2 is 1.85 bits per heavy atom. The van der Waals surface area contributed by atoms with Crippen LogP contribution >= 0.6 is 0 Å². The lowest BCUT2D eigenvalue weighted by molar-refractivity contribution is 0.259. The first-order valence-corrected chi connectivity index (χ1v) is 7.69. The smallest absolute Gasteiger partial charge is 0.123 e. The van der Waals surface area contributed by atoms with Crippen molar-refractivity contribution in [1.82, 2.24) is 4.98 Å². The lowest BCUT2D eigenvalue weighted by Gasteiger charge is -2.31. The van der Waals surface area contributed by atoms with Gasteiger partial charge in [0.05, 0.1) is 5.52 Å². The monoisotopic (exact) mass is 271 g/mol. The molecule has 2 aromatic rings. The van der Waals surface area contributed by atoms with Crippen LogP contribution in [0.15, 0.2) is 30.5 Å². The van der Waals surface area contributed by atoms with Crippen LogP contribution in [0, 0.1) is 17.7 Å². The van der Waals surface area contributed by atoms with Gasteiger partial charge < -0.3 is 0 Å². The van der Waals surface area contributed by atoms with E-state index in [9.17, 15) is 4.39 Å². The first kappa shape index (κ1) is 13.5. The van der Waals surface area contributed by atoms with Gasteiger partial charge in [0.25, 0.3) is 0 Å². The van der Waals surface area contributed by atoms with E-state index in [2.05, 4.69) is 24.9 Å². The number of hydrogen-bond acceptors (Lipinski definition) is 1. The van der Waals surface area contributed by atoms with E-state index < -0.39 is 0 Å². The van der Waals surface area contributed by atoms with Gasteiger partial charge in [-0.15, -0.1) is 0 Å². The second-order valence-electron chi connectivity index (χ2n) is 6.42. The molecular weight excluding hydrogens is 249 g/mol. The summed E-state index contributed by atoms with van der Waals surface area (Å²) in [4.78, 5) is 4.35. The van der Waals surface area contributed by atoms with Gasteiger partial charge in [-0.05, 0) is 73.3 Å². The Morgan fingerprint density at radius 1 is 1.10 bits per heavy atom. The van der Waals surface area contributed by atoms with Gasteiger partial charge in [-0.25, -0.2) is 4.39 Å². The Morgan fingerprint density at radius 3 is 2.55 bits per heavy atom. The van der Waals surface area contributed by atoms with Crippen molar-refractivity contribution in [1.29, 1.82) is 0 Å². The number of halogens is 1. The summed E-state index contributed by atoms with van der Waals surface area (Å²) in [6, 6.07) is 7.01. The molecule has 2 heteroatoms. The first-order valence-electron chi connectivity index (χ1n) is 7.69. The topological polar surface area (TPSA) is 12.9 Å². The normalized spacial score (nSPS) is 23.4. The summed E-state index contributed by atoms with van der Waals surface area (Å²) in [5.74, 6) is 2.04. The number of pyridine rings is 1. The van der Waals surface area contributed by atoms with Crippen LogP contribution in [0.5, 0.6) is 0 Å². The van der Waals surface area contributed by atoms with Crippen LogP contribution in [-0.2, 0) is 0 Å². The van der Waals surface area contributed by atoms with Gasteiger partial charge in [0.1, 0.15) is 5.82 Å². The zero-order valence-corrected chi connectivity index (χ0v) is 12.3. The maximum Gasteiger partial charge on any atom is 0.123 e. The van der Waals surface area contributed by atoms with Gasteiger partial charge in [-0.3, -0.25) is 4.98 Å². The number of fused-ring (bicyclic) bond motifs is 1. The molecule has 1 heterocycles. The standard InChI is InChI=1S/C18H22FN/c1-12(2)13-3-5-14(6-4-13)16-9-10-20-18-8-7-15(19)11-17(16)18/h7-14H,3-6H2,1-2H3. The molecule has 1 aliphatic carbocycles. The van der Waals surface area contributed by atoms with Crippen LogP contribution < -0.4 is 0 Å². The van der Waals surface area contributed by atoms with E-state index in [1.807, 2.05) is 6.20 Å². The van der Waals surface area contributed by atoms with Crippen molar-refractivity contribution in [3.05, 3.63) is 41.8 Å². The predicted molar refractivity (Wildman–Crippen MR) is 81.2 cm³/mol. The van der Waals surface area contributed by atoms with E-state index in [1.54, 1.807) is 12.1 Å². The minimum absolute atomic E-state index is 0.164. The highest BCUT2D eigenvalue weighted by Gasteiger charge is 2.25. The third-order valence-corrected chi connectivity index (χ3v) is 4.89. The molecule has 106 valence electrons. The third kappa shape index (κ3) is 2.56. The Kier molecular flexibility index (Phi) is 3.73. The second-order valence-corrected chi connectivity index (χ2v) is 6.42. The molecule has 0 N–H and O–H groups in total. The average Bonchev–Trinajstić information content (AvgIpc) is 2.46. The van der Waals surface area contributed by atoms with Crippen LogP contribution in [0.4, 0.5) is 4.39 Å². The van der Waals surface area contributed by atoms with Crippen LogP contribution in [0.3, 0.4) is 0 Å². The lowest BCUT2D eigenvalue weighted by atomic mass is 9.74. The second kappa shape index (κ2) is 5.51. The highest BCUT2D eigenvalue weighted by atomic mass is 19.1. The molecule has 1 saturated carbocycles. The van der Waals surface area contributed by atoms with Crippen molar-refractivity contribution in [2.45, 2.75) is 45.4 Å². The Labute approximate surface area is 120 Å². The lowest BCUT2D eigenvalue weighted by Crippen LogP contribution is -2.17. The summed E-state index contributed by atoms with van der Waals surface area (Å²) in [6.45, 7) is 4.64. The van der Waals surface area contributed by atoms with Crippen molar-refractivity contribution in [3.8, 4) is 0 Å². The van der Waals surface area contributed by atoms with Crippen LogP contribution in [-0.4, -0.2) is 4.98 Å². The molecule has 0 saturated heterocycles. The van der Waals surface area contributed by atoms with Gasteiger partial charge in [-0.2, -0.15) is 0 Å². The number of benzene rings is 1. The zero-order chi connectivity index (χ0) is 14.1. The van der Waals surface area contributed by atoms with Crippen molar-refractivity contribution in [2.75, 3.05) is 0 Å². The molecule has 0 unspecified atom stereocenters. The van der Waals surface area contributed by atoms with Crippen molar-refractivity contribution >= 4 is 10.9 Å². The highest BCUT2D eigenvalue weighted by molar-refractivity contribution is 5.82. The van der Waals surface area contributed by atoms with Crippen molar-refractivity contribution < 1.29 is 4.39 Å². The average molecular weight is 271 g/mol. The Balaban J connectivity index is 1.90. The number of nitrogens with zero attached hydrogens (tertiary/aromatic N) is 1. The minimum atomic E-state index is -0.164. The van der Waals surface area contributed by atoms with E-state index in [-0.39, 0.29) is 5.82 Å². The summed E-state index contributed by atoms with van der Waals surface area (Å²) in [7, 11) is 0. The largest absolute Gasteiger partial charge is 0.256 e. The summed E-state index contributed by atoms with van der Waals surface area (Å²) < 4.78 is 13.5. The quantitative estimate of drug-likeness (QED) is 0.722. The predicted octanol–water partition coefficient (Wildman–Crippen LogP) is 5.30. The zero-order valence-electron chi connectivity index (χ0n) is 12.3. The fourth-order valence-electron chi connectivity index (χ4n) is 3.59. The van der Waals surface area contributed by atoms with E-state index in [4.69, 9.17) is 0 Å². The number of rotatable bonds is 2. The summed E-state index contributed by atoms with van der Waals surface area (Å²) in [5.41, 5.74) is 2.20. The first-order chi connectivity index (χ1) is 9.65. The van der Waals surface area contributed by atoms with Gasteiger partial charge in [-0.1, -0.05) is 13.8 Å². The van der Waals surface area contributed by atoms with Crippen LogP contribution in [0.2, 0.25) is 0 Å². The maximum absolute atomic E-state index is 13.5. The Hall–Kier alpha value is -1.44. The molecule has 1 fully saturated rings. The fraction of sp³-hybridized carbons (Fsp3) is 0.500.